The third-order valence-electron chi connectivity index (χ3n) is 3.25. The molecule has 0 aliphatic rings. The number of nitrogens with zero attached hydrogens (tertiary/aromatic N) is 1. The van der Waals surface area contributed by atoms with Gasteiger partial charge in [-0.15, -0.1) is 0 Å². The van der Waals surface area contributed by atoms with E-state index in [-0.39, 0.29) is 24.9 Å². The molecule has 0 fully saturated rings. The first-order chi connectivity index (χ1) is 11.1. The van der Waals surface area contributed by atoms with Crippen molar-refractivity contribution in [2.45, 2.75) is 27.3 Å². The van der Waals surface area contributed by atoms with Gasteiger partial charge in [0.1, 0.15) is 5.75 Å². The molecule has 0 aliphatic carbocycles. The van der Waals surface area contributed by atoms with Crippen LogP contribution in [0.25, 0.3) is 0 Å². The van der Waals surface area contributed by atoms with Gasteiger partial charge in [0.05, 0.1) is 19.7 Å². The lowest BCUT2D eigenvalue weighted by Gasteiger charge is -2.19. The van der Waals surface area contributed by atoms with Gasteiger partial charge in [0.15, 0.2) is 0 Å². The van der Waals surface area contributed by atoms with Crippen molar-refractivity contribution >= 4 is 11.8 Å². The highest BCUT2D eigenvalue weighted by molar-refractivity contribution is 5.81. The molecule has 0 atom stereocenters. The number of rotatable bonds is 10. The topological polar surface area (TPSA) is 70.7 Å². The minimum Gasteiger partial charge on any atom is -0.494 e. The van der Waals surface area contributed by atoms with Gasteiger partial charge in [-0.2, -0.15) is 0 Å². The number of carbonyl (C=O) groups is 2. The van der Waals surface area contributed by atoms with Gasteiger partial charge in [-0.05, 0) is 38.1 Å². The van der Waals surface area contributed by atoms with E-state index < -0.39 is 0 Å². The third-order valence-corrected chi connectivity index (χ3v) is 3.25. The zero-order valence-corrected chi connectivity index (χ0v) is 14.2. The summed E-state index contributed by atoms with van der Waals surface area (Å²) in [7, 11) is 0. The van der Waals surface area contributed by atoms with E-state index in [1.807, 2.05) is 45.0 Å². The zero-order chi connectivity index (χ0) is 17.1. The van der Waals surface area contributed by atoms with Crippen LogP contribution in [-0.2, 0) is 16.1 Å². The maximum absolute atomic E-state index is 12.0. The molecular weight excluding hydrogens is 294 g/mol. The Labute approximate surface area is 138 Å². The number of ether oxygens (including phenoxy) is 1. The average Bonchev–Trinajstić information content (AvgIpc) is 2.53. The molecule has 1 aromatic carbocycles. The summed E-state index contributed by atoms with van der Waals surface area (Å²) in [6.45, 7) is 8.47. The fourth-order valence-corrected chi connectivity index (χ4v) is 2.11. The molecular formula is C17H27N3O3. The molecule has 0 saturated heterocycles. The summed E-state index contributed by atoms with van der Waals surface area (Å²) in [5.41, 5.74) is 0.982. The molecule has 23 heavy (non-hydrogen) atoms. The number of hydrogen-bond acceptors (Lipinski definition) is 4. The number of likely N-dealkylation sites (N-methyl/N-ethyl adjacent to an activating group) is 2. The molecule has 0 unspecified atom stereocenters. The Hall–Kier alpha value is -2.08. The van der Waals surface area contributed by atoms with Crippen LogP contribution in [0, 0.1) is 0 Å². The van der Waals surface area contributed by atoms with Crippen molar-refractivity contribution < 1.29 is 14.3 Å². The fraction of sp³-hybridized carbons (Fsp3) is 0.529. The molecule has 0 spiro atoms. The Balaban J connectivity index is 2.43. The highest BCUT2D eigenvalue weighted by Crippen LogP contribution is 2.12. The molecule has 2 amide bonds. The van der Waals surface area contributed by atoms with Crippen molar-refractivity contribution in [2.75, 3.05) is 32.8 Å². The van der Waals surface area contributed by atoms with Gasteiger partial charge in [0, 0.05) is 13.1 Å². The highest BCUT2D eigenvalue weighted by atomic mass is 16.5. The molecule has 1 rings (SSSR count). The highest BCUT2D eigenvalue weighted by Gasteiger charge is 2.12. The van der Waals surface area contributed by atoms with Crippen LogP contribution in [0.4, 0.5) is 0 Å². The van der Waals surface area contributed by atoms with Crippen LogP contribution in [0.3, 0.4) is 0 Å². The number of amides is 2. The van der Waals surface area contributed by atoms with Gasteiger partial charge in [-0.25, -0.2) is 0 Å². The fourth-order valence-electron chi connectivity index (χ4n) is 2.11. The van der Waals surface area contributed by atoms with Crippen molar-refractivity contribution in [2.24, 2.45) is 0 Å². The summed E-state index contributed by atoms with van der Waals surface area (Å²) < 4.78 is 5.44. The first-order valence-electron chi connectivity index (χ1n) is 8.06. The second kappa shape index (κ2) is 10.6. The summed E-state index contributed by atoms with van der Waals surface area (Å²) in [4.78, 5) is 25.4. The quantitative estimate of drug-likeness (QED) is 0.678. The lowest BCUT2D eigenvalue weighted by molar-refractivity contribution is -0.125. The molecule has 0 heterocycles. The van der Waals surface area contributed by atoms with E-state index in [1.54, 1.807) is 4.90 Å². The maximum atomic E-state index is 12.0. The average molecular weight is 321 g/mol. The smallest absolute Gasteiger partial charge is 0.234 e. The molecule has 0 bridgehead atoms. The molecule has 0 radical (unpaired) electrons. The Morgan fingerprint density at radius 3 is 2.39 bits per heavy atom. The van der Waals surface area contributed by atoms with Crippen LogP contribution >= 0.6 is 0 Å². The summed E-state index contributed by atoms with van der Waals surface area (Å²) >= 11 is 0. The summed E-state index contributed by atoms with van der Waals surface area (Å²) in [5.74, 6) is 0.634. The number of carbonyl (C=O) groups excluding carboxylic acids is 2. The lowest BCUT2D eigenvalue weighted by Crippen LogP contribution is -2.42. The summed E-state index contributed by atoms with van der Waals surface area (Å²) in [5, 5.41) is 5.60. The van der Waals surface area contributed by atoms with Crippen LogP contribution in [0.15, 0.2) is 24.3 Å². The predicted octanol–water partition coefficient (Wildman–Crippen LogP) is 1.16. The monoisotopic (exact) mass is 321 g/mol. The Morgan fingerprint density at radius 1 is 1.09 bits per heavy atom. The Bertz CT molecular complexity index is 506. The summed E-state index contributed by atoms with van der Waals surface area (Å²) in [6, 6.07) is 7.64. The van der Waals surface area contributed by atoms with Crippen molar-refractivity contribution in [1.82, 2.24) is 15.5 Å². The normalized spacial score (nSPS) is 10.4. The van der Waals surface area contributed by atoms with E-state index in [0.717, 1.165) is 11.3 Å². The van der Waals surface area contributed by atoms with Gasteiger partial charge >= 0.3 is 0 Å². The van der Waals surface area contributed by atoms with E-state index >= 15 is 0 Å². The molecule has 1 aromatic rings. The van der Waals surface area contributed by atoms with Gasteiger partial charge in [-0.3, -0.25) is 14.5 Å². The van der Waals surface area contributed by atoms with Crippen LogP contribution in [0.1, 0.15) is 26.3 Å². The van der Waals surface area contributed by atoms with Crippen molar-refractivity contribution in [3.8, 4) is 5.75 Å². The maximum Gasteiger partial charge on any atom is 0.234 e. The SMILES string of the molecule is CCNC(=O)CN(CC)CC(=O)NCc1cccc(OCC)c1. The molecule has 128 valence electrons. The molecule has 0 aliphatic heterocycles. The number of benzene rings is 1. The van der Waals surface area contributed by atoms with Gasteiger partial charge < -0.3 is 15.4 Å². The van der Waals surface area contributed by atoms with Crippen LogP contribution in [0.5, 0.6) is 5.75 Å². The van der Waals surface area contributed by atoms with E-state index in [4.69, 9.17) is 4.74 Å². The van der Waals surface area contributed by atoms with E-state index in [0.29, 0.717) is 26.2 Å². The first kappa shape index (κ1) is 19.0. The Kier molecular flexibility index (Phi) is 8.75. The van der Waals surface area contributed by atoms with Crippen LogP contribution in [0.2, 0.25) is 0 Å². The van der Waals surface area contributed by atoms with Gasteiger partial charge in [0.25, 0.3) is 0 Å². The summed E-state index contributed by atoms with van der Waals surface area (Å²) in [6.07, 6.45) is 0. The van der Waals surface area contributed by atoms with Crippen molar-refractivity contribution in [3.05, 3.63) is 29.8 Å². The first-order valence-corrected chi connectivity index (χ1v) is 8.06. The lowest BCUT2D eigenvalue weighted by atomic mass is 10.2. The molecule has 6 heteroatoms. The minimum absolute atomic E-state index is 0.0634. The predicted molar refractivity (Wildman–Crippen MR) is 90.3 cm³/mol. The second-order valence-electron chi connectivity index (χ2n) is 5.11. The van der Waals surface area contributed by atoms with E-state index in [1.165, 1.54) is 0 Å². The Morgan fingerprint density at radius 2 is 1.78 bits per heavy atom. The molecule has 0 aromatic heterocycles. The number of hydrogen-bond donors (Lipinski definition) is 2. The van der Waals surface area contributed by atoms with Crippen LogP contribution < -0.4 is 15.4 Å². The van der Waals surface area contributed by atoms with Crippen molar-refractivity contribution in [3.63, 3.8) is 0 Å². The van der Waals surface area contributed by atoms with Gasteiger partial charge in [0.2, 0.25) is 11.8 Å². The van der Waals surface area contributed by atoms with Crippen molar-refractivity contribution in [1.29, 1.82) is 0 Å². The minimum atomic E-state index is -0.0991. The zero-order valence-electron chi connectivity index (χ0n) is 14.2. The third kappa shape index (κ3) is 7.65. The van der Waals surface area contributed by atoms with Crippen LogP contribution in [-0.4, -0.2) is 49.5 Å². The van der Waals surface area contributed by atoms with Gasteiger partial charge in [-0.1, -0.05) is 19.1 Å². The number of nitrogens with one attached hydrogen (secondary N) is 2. The van der Waals surface area contributed by atoms with E-state index in [2.05, 4.69) is 10.6 Å². The van der Waals surface area contributed by atoms with E-state index in [9.17, 15) is 9.59 Å². The largest absolute Gasteiger partial charge is 0.494 e. The molecule has 2 N–H and O–H groups in total. The molecule has 6 nitrogen and oxygen atoms in total. The molecule has 0 saturated carbocycles. The second-order valence-corrected chi connectivity index (χ2v) is 5.11. The standard InChI is InChI=1S/C17H27N3O3/c1-4-18-16(21)12-20(5-2)13-17(22)19-11-14-8-7-9-15(10-14)23-6-3/h7-10H,4-6,11-13H2,1-3H3,(H,18,21)(H,19,22).